The van der Waals surface area contributed by atoms with Gasteiger partial charge in [0.15, 0.2) is 5.60 Å². The number of aliphatic hydroxyl groups excluding tert-OH is 1. The van der Waals surface area contributed by atoms with Crippen molar-refractivity contribution in [3.8, 4) is 0 Å². The molecule has 0 aromatic heterocycles. The third-order valence-corrected chi connectivity index (χ3v) is 4.23. The quantitative estimate of drug-likeness (QED) is 0.705. The van der Waals surface area contributed by atoms with Crippen LogP contribution in [0.25, 0.3) is 0 Å². The predicted molar refractivity (Wildman–Crippen MR) is 75.2 cm³/mol. The smallest absolute Gasteiger partial charge is 0.410 e. The van der Waals surface area contributed by atoms with Gasteiger partial charge in [0, 0.05) is 6.54 Å². The Hall–Kier alpha value is -1.02. The molecule has 0 aromatic carbocycles. The summed E-state index contributed by atoms with van der Waals surface area (Å²) in [5.41, 5.74) is 3.70. The van der Waals surface area contributed by atoms with Gasteiger partial charge in [0.05, 0.1) is 6.10 Å². The molecule has 1 aliphatic rings. The van der Waals surface area contributed by atoms with E-state index in [1.165, 1.54) is 6.92 Å². The van der Waals surface area contributed by atoms with Crippen LogP contribution in [0, 0.1) is 0 Å². The number of amides is 1. The number of hydrogen-bond acceptors (Lipinski definition) is 4. The average Bonchev–Trinajstić information content (AvgIpc) is 2.68. The molecule has 0 aromatic rings. The number of nitrogens with two attached hydrogens (primary N) is 1. The maximum Gasteiger partial charge on any atom is 0.410 e. The summed E-state index contributed by atoms with van der Waals surface area (Å²) in [4.78, 5) is 13.0. The molecule has 1 rings (SSSR count). The van der Waals surface area contributed by atoms with E-state index in [0.29, 0.717) is 6.42 Å². The summed E-state index contributed by atoms with van der Waals surface area (Å²) in [7, 11) is 0. The van der Waals surface area contributed by atoms with Crippen LogP contribution in [-0.4, -0.2) is 52.6 Å². The van der Waals surface area contributed by atoms with Gasteiger partial charge in [-0.2, -0.15) is 13.2 Å². The molecule has 0 aliphatic carbocycles. The molecular formula is C14H25F3N2O3. The average molecular weight is 326 g/mol. The van der Waals surface area contributed by atoms with Gasteiger partial charge in [0.25, 0.3) is 0 Å². The van der Waals surface area contributed by atoms with Crippen LogP contribution in [0.2, 0.25) is 0 Å². The number of carbonyl (C=O) groups is 1. The highest BCUT2D eigenvalue weighted by Gasteiger charge is 2.61. The Morgan fingerprint density at radius 1 is 1.41 bits per heavy atom. The lowest BCUT2D eigenvalue weighted by Gasteiger charge is -2.38. The number of carbonyl (C=O) groups excluding carboxylic acids is 1. The second-order valence-corrected chi connectivity index (χ2v) is 5.89. The van der Waals surface area contributed by atoms with Gasteiger partial charge in [-0.1, -0.05) is 26.7 Å². The van der Waals surface area contributed by atoms with Crippen LogP contribution in [-0.2, 0) is 4.74 Å². The monoisotopic (exact) mass is 326 g/mol. The molecule has 5 nitrogen and oxygen atoms in total. The Labute approximate surface area is 128 Å². The number of rotatable bonds is 7. The van der Waals surface area contributed by atoms with Crippen LogP contribution in [0.3, 0.4) is 0 Å². The summed E-state index contributed by atoms with van der Waals surface area (Å²) in [6, 6.07) is -3.71. The zero-order chi connectivity index (χ0) is 17.1. The van der Waals surface area contributed by atoms with E-state index in [9.17, 15) is 23.1 Å². The largest absolute Gasteiger partial charge is 0.438 e. The first-order chi connectivity index (χ1) is 10.1. The molecule has 4 atom stereocenters. The molecule has 1 fully saturated rings. The first-order valence-corrected chi connectivity index (χ1v) is 7.59. The lowest BCUT2D eigenvalue weighted by Crippen LogP contribution is -2.63. The topological polar surface area (TPSA) is 75.8 Å². The number of aliphatic hydroxyl groups is 1. The molecule has 1 saturated heterocycles. The Morgan fingerprint density at radius 2 is 2.00 bits per heavy atom. The number of ether oxygens (including phenoxy) is 1. The highest BCUT2D eigenvalue weighted by molar-refractivity contribution is 5.72. The van der Waals surface area contributed by atoms with Gasteiger partial charge in [0.2, 0.25) is 0 Å². The molecule has 1 aliphatic heterocycles. The van der Waals surface area contributed by atoms with E-state index >= 15 is 0 Å². The summed E-state index contributed by atoms with van der Waals surface area (Å²) in [5.74, 6) is 0. The molecule has 1 heterocycles. The van der Waals surface area contributed by atoms with Gasteiger partial charge in [0.1, 0.15) is 12.1 Å². The summed E-state index contributed by atoms with van der Waals surface area (Å²) >= 11 is 0. The van der Waals surface area contributed by atoms with E-state index in [2.05, 4.69) is 0 Å². The molecule has 1 amide bonds. The SMILES string of the molecule is CCCCCN1C(=O)O[C@](C)([C@H](O)CC)[C@H]1[C@H](N)C(F)(F)F. The Morgan fingerprint density at radius 3 is 2.45 bits per heavy atom. The zero-order valence-corrected chi connectivity index (χ0v) is 13.2. The van der Waals surface area contributed by atoms with Gasteiger partial charge >= 0.3 is 12.3 Å². The van der Waals surface area contributed by atoms with Crippen molar-refractivity contribution in [2.75, 3.05) is 6.54 Å². The number of cyclic esters (lactones) is 1. The van der Waals surface area contributed by atoms with Crippen LogP contribution in [0.15, 0.2) is 0 Å². The summed E-state index contributed by atoms with van der Waals surface area (Å²) in [6.07, 6.45) is -4.38. The number of alkyl halides is 3. The molecule has 0 unspecified atom stereocenters. The fourth-order valence-corrected chi connectivity index (χ4v) is 2.89. The van der Waals surface area contributed by atoms with Gasteiger partial charge in [-0.25, -0.2) is 4.79 Å². The molecular weight excluding hydrogens is 301 g/mol. The summed E-state index contributed by atoms with van der Waals surface area (Å²) in [6.45, 7) is 5.01. The normalized spacial score (nSPS) is 28.6. The standard InChI is InChI=1S/C14H25F3N2O3/c1-4-6-7-8-19-11(10(18)14(15,16)17)13(3,9(20)5-2)22-12(19)21/h9-11,20H,4-8,18H2,1-3H3/t9-,10+,11-,13-/m1/s1. The van der Waals surface area contributed by atoms with Crippen LogP contribution < -0.4 is 5.73 Å². The molecule has 0 radical (unpaired) electrons. The van der Waals surface area contributed by atoms with Crippen LogP contribution in [0.4, 0.5) is 18.0 Å². The maximum atomic E-state index is 13.1. The van der Waals surface area contributed by atoms with Crippen LogP contribution in [0.1, 0.15) is 46.5 Å². The molecule has 130 valence electrons. The van der Waals surface area contributed by atoms with Crippen molar-refractivity contribution in [3.63, 3.8) is 0 Å². The molecule has 3 N–H and O–H groups in total. The summed E-state index contributed by atoms with van der Waals surface area (Å²) < 4.78 is 44.4. The fourth-order valence-electron chi connectivity index (χ4n) is 2.89. The predicted octanol–water partition coefficient (Wildman–Crippen LogP) is 2.42. The van der Waals surface area contributed by atoms with E-state index in [1.807, 2.05) is 6.92 Å². The zero-order valence-electron chi connectivity index (χ0n) is 13.2. The lowest BCUT2D eigenvalue weighted by atomic mass is 9.84. The van der Waals surface area contributed by atoms with Gasteiger partial charge < -0.3 is 15.6 Å². The highest BCUT2D eigenvalue weighted by Crippen LogP contribution is 2.39. The van der Waals surface area contributed by atoms with E-state index in [4.69, 9.17) is 10.5 Å². The van der Waals surface area contributed by atoms with Crippen molar-refractivity contribution in [2.24, 2.45) is 5.73 Å². The molecule has 0 spiro atoms. The van der Waals surface area contributed by atoms with Crippen molar-refractivity contribution >= 4 is 6.09 Å². The first kappa shape index (κ1) is 19.0. The van der Waals surface area contributed by atoms with Gasteiger partial charge in [-0.15, -0.1) is 0 Å². The van der Waals surface area contributed by atoms with Crippen molar-refractivity contribution in [1.29, 1.82) is 0 Å². The number of nitrogens with zero attached hydrogens (tertiary/aromatic N) is 1. The lowest BCUT2D eigenvalue weighted by molar-refractivity contribution is -0.175. The third-order valence-electron chi connectivity index (χ3n) is 4.23. The highest BCUT2D eigenvalue weighted by atomic mass is 19.4. The number of hydrogen-bond donors (Lipinski definition) is 2. The number of halogens is 3. The minimum absolute atomic E-state index is 0.132. The number of unbranched alkanes of at least 4 members (excludes halogenated alkanes) is 2. The Kier molecular flexibility index (Phi) is 6.09. The van der Waals surface area contributed by atoms with Crippen molar-refractivity contribution in [3.05, 3.63) is 0 Å². The Bertz CT molecular complexity index is 392. The fraction of sp³-hybridized carbons (Fsp3) is 0.929. The van der Waals surface area contributed by atoms with Crippen molar-refractivity contribution < 1.29 is 27.8 Å². The molecule has 8 heteroatoms. The minimum atomic E-state index is -4.68. The minimum Gasteiger partial charge on any atom is -0.438 e. The second kappa shape index (κ2) is 7.04. The van der Waals surface area contributed by atoms with Crippen LogP contribution >= 0.6 is 0 Å². The van der Waals surface area contributed by atoms with E-state index in [1.54, 1.807) is 6.92 Å². The van der Waals surface area contributed by atoms with E-state index < -0.39 is 36.1 Å². The van der Waals surface area contributed by atoms with Gasteiger partial charge in [-0.05, 0) is 19.8 Å². The maximum absolute atomic E-state index is 13.1. The van der Waals surface area contributed by atoms with Crippen LogP contribution in [0.5, 0.6) is 0 Å². The van der Waals surface area contributed by atoms with Crippen molar-refractivity contribution in [1.82, 2.24) is 4.90 Å². The Balaban J connectivity index is 3.11. The first-order valence-electron chi connectivity index (χ1n) is 7.59. The van der Waals surface area contributed by atoms with E-state index in [-0.39, 0.29) is 13.0 Å². The van der Waals surface area contributed by atoms with Crippen molar-refractivity contribution in [2.45, 2.75) is 76.4 Å². The second-order valence-electron chi connectivity index (χ2n) is 5.89. The summed E-state index contributed by atoms with van der Waals surface area (Å²) in [5, 5.41) is 10.1. The van der Waals surface area contributed by atoms with E-state index in [0.717, 1.165) is 17.7 Å². The third kappa shape index (κ3) is 3.65. The van der Waals surface area contributed by atoms with Gasteiger partial charge in [-0.3, -0.25) is 4.90 Å². The molecule has 22 heavy (non-hydrogen) atoms. The molecule has 0 saturated carbocycles. The molecule has 0 bridgehead atoms.